The zero-order chi connectivity index (χ0) is 19.7. The first kappa shape index (κ1) is 19.1. The second kappa shape index (κ2) is 7.67. The van der Waals surface area contributed by atoms with Crippen molar-refractivity contribution in [2.75, 3.05) is 13.1 Å². The summed E-state index contributed by atoms with van der Waals surface area (Å²) in [5.41, 5.74) is 0.814. The van der Waals surface area contributed by atoms with Crippen LogP contribution in [-0.4, -0.2) is 42.7 Å². The van der Waals surface area contributed by atoms with Crippen molar-refractivity contribution in [1.29, 1.82) is 0 Å². The lowest BCUT2D eigenvalue weighted by molar-refractivity contribution is 0.0691. The molecule has 2 aromatic rings. The lowest BCUT2D eigenvalue weighted by Gasteiger charge is -2.24. The molecule has 1 aliphatic heterocycles. The minimum atomic E-state index is -3.71. The predicted molar refractivity (Wildman–Crippen MR) is 101 cm³/mol. The molecule has 1 aliphatic carbocycles. The highest BCUT2D eigenvalue weighted by atomic mass is 32.2. The van der Waals surface area contributed by atoms with E-state index in [0.29, 0.717) is 19.6 Å². The smallest absolute Gasteiger partial charge is 0.290 e. The number of rotatable bonds is 6. The van der Waals surface area contributed by atoms with Crippen molar-refractivity contribution in [3.63, 3.8) is 0 Å². The summed E-state index contributed by atoms with van der Waals surface area (Å²) in [5, 5.41) is -0.185. The van der Waals surface area contributed by atoms with E-state index in [2.05, 4.69) is 0 Å². The largest absolute Gasteiger partial charge is 0.438 e. The van der Waals surface area contributed by atoms with Gasteiger partial charge in [-0.1, -0.05) is 18.6 Å². The van der Waals surface area contributed by atoms with Crippen molar-refractivity contribution in [2.24, 2.45) is 0 Å². The molecule has 2 heterocycles. The Labute approximate surface area is 164 Å². The van der Waals surface area contributed by atoms with Crippen LogP contribution in [0.25, 0.3) is 0 Å². The van der Waals surface area contributed by atoms with Gasteiger partial charge in [0.15, 0.2) is 5.76 Å². The summed E-state index contributed by atoms with van der Waals surface area (Å²) in [5.74, 6) is -0.650. The highest BCUT2D eigenvalue weighted by Gasteiger charge is 2.36. The summed E-state index contributed by atoms with van der Waals surface area (Å²) in [4.78, 5) is 14.6. The van der Waals surface area contributed by atoms with Gasteiger partial charge in [0, 0.05) is 25.7 Å². The Bertz CT molecular complexity index is 945. The number of carbonyl (C=O) groups is 1. The molecule has 28 heavy (non-hydrogen) atoms. The summed E-state index contributed by atoms with van der Waals surface area (Å²) in [6.07, 6.45) is 4.48. The molecule has 2 aliphatic rings. The monoisotopic (exact) mass is 406 g/mol. The molecule has 1 aromatic carbocycles. The van der Waals surface area contributed by atoms with Crippen molar-refractivity contribution in [1.82, 2.24) is 9.21 Å². The Morgan fingerprint density at radius 1 is 1.07 bits per heavy atom. The lowest BCUT2D eigenvalue weighted by Crippen LogP contribution is -2.35. The third-order valence-electron chi connectivity index (χ3n) is 5.22. The van der Waals surface area contributed by atoms with Crippen LogP contribution >= 0.6 is 0 Å². The van der Waals surface area contributed by atoms with Crippen LogP contribution < -0.4 is 0 Å². The van der Waals surface area contributed by atoms with Gasteiger partial charge in [0.2, 0.25) is 5.09 Å². The van der Waals surface area contributed by atoms with Gasteiger partial charge in [-0.15, -0.1) is 0 Å². The molecule has 8 heteroatoms. The summed E-state index contributed by atoms with van der Waals surface area (Å²) in [7, 11) is -3.71. The summed E-state index contributed by atoms with van der Waals surface area (Å²) in [6.45, 7) is 1.29. The van der Waals surface area contributed by atoms with Crippen LogP contribution in [0.2, 0.25) is 0 Å². The minimum absolute atomic E-state index is 0.0181. The Morgan fingerprint density at radius 2 is 1.75 bits per heavy atom. The number of hydrogen-bond acceptors (Lipinski definition) is 4. The first-order chi connectivity index (χ1) is 13.4. The molecule has 0 atom stereocenters. The van der Waals surface area contributed by atoms with Gasteiger partial charge >= 0.3 is 0 Å². The SMILES string of the molecule is O=C(c1ccc(S(=O)(=O)N2CCCCC2)o1)N(Cc1ccc(F)cc1)C1CC1. The van der Waals surface area contributed by atoms with E-state index < -0.39 is 10.0 Å². The molecule has 1 aromatic heterocycles. The van der Waals surface area contributed by atoms with Gasteiger partial charge in [-0.2, -0.15) is 4.31 Å². The minimum Gasteiger partial charge on any atom is -0.438 e. The molecule has 4 rings (SSSR count). The van der Waals surface area contributed by atoms with E-state index in [4.69, 9.17) is 4.42 Å². The van der Waals surface area contributed by atoms with Crippen molar-refractivity contribution >= 4 is 15.9 Å². The van der Waals surface area contributed by atoms with E-state index in [1.54, 1.807) is 17.0 Å². The topological polar surface area (TPSA) is 70.8 Å². The maximum absolute atomic E-state index is 13.1. The van der Waals surface area contributed by atoms with Gasteiger partial charge in [-0.25, -0.2) is 12.8 Å². The van der Waals surface area contributed by atoms with Crippen LogP contribution in [0.3, 0.4) is 0 Å². The average molecular weight is 406 g/mol. The summed E-state index contributed by atoms with van der Waals surface area (Å²) < 4.78 is 45.5. The molecule has 0 radical (unpaired) electrons. The van der Waals surface area contributed by atoms with Crippen LogP contribution in [0.1, 0.15) is 48.2 Å². The van der Waals surface area contributed by atoms with E-state index in [1.807, 2.05) is 0 Å². The van der Waals surface area contributed by atoms with Crippen molar-refractivity contribution < 1.29 is 22.0 Å². The molecule has 1 saturated carbocycles. The van der Waals surface area contributed by atoms with Crippen LogP contribution in [-0.2, 0) is 16.6 Å². The van der Waals surface area contributed by atoms with E-state index in [0.717, 1.165) is 37.7 Å². The zero-order valence-corrected chi connectivity index (χ0v) is 16.3. The van der Waals surface area contributed by atoms with Gasteiger partial charge in [0.05, 0.1) is 0 Å². The van der Waals surface area contributed by atoms with Crippen molar-refractivity contribution in [2.45, 2.75) is 49.8 Å². The average Bonchev–Trinajstić information content (AvgIpc) is 3.42. The molecule has 2 fully saturated rings. The zero-order valence-electron chi connectivity index (χ0n) is 15.5. The Morgan fingerprint density at radius 3 is 2.39 bits per heavy atom. The second-order valence-corrected chi connectivity index (χ2v) is 9.24. The molecule has 0 N–H and O–H groups in total. The van der Waals surface area contributed by atoms with E-state index in [9.17, 15) is 17.6 Å². The Balaban J connectivity index is 1.53. The van der Waals surface area contributed by atoms with Crippen molar-refractivity contribution in [3.8, 4) is 0 Å². The van der Waals surface area contributed by atoms with Gasteiger partial charge < -0.3 is 9.32 Å². The number of halogens is 1. The lowest BCUT2D eigenvalue weighted by atomic mass is 10.2. The highest BCUT2D eigenvalue weighted by Crippen LogP contribution is 2.31. The fraction of sp³-hybridized carbons (Fsp3) is 0.450. The third kappa shape index (κ3) is 3.98. The summed E-state index contributed by atoms with van der Waals surface area (Å²) >= 11 is 0. The maximum atomic E-state index is 13.1. The van der Waals surface area contributed by atoms with Crippen LogP contribution in [0.5, 0.6) is 0 Å². The first-order valence-electron chi connectivity index (χ1n) is 9.60. The highest BCUT2D eigenvalue weighted by molar-refractivity contribution is 7.89. The second-order valence-electron chi connectivity index (χ2n) is 7.37. The number of piperidine rings is 1. The third-order valence-corrected chi connectivity index (χ3v) is 6.99. The van der Waals surface area contributed by atoms with Crippen molar-refractivity contribution in [3.05, 3.63) is 53.5 Å². The molecule has 1 saturated heterocycles. The molecule has 0 spiro atoms. The number of benzene rings is 1. The number of carbonyl (C=O) groups excluding carboxylic acids is 1. The molecule has 1 amide bonds. The quantitative estimate of drug-likeness (QED) is 0.737. The number of furan rings is 1. The van der Waals surface area contributed by atoms with Gasteiger partial charge in [0.1, 0.15) is 5.82 Å². The molecular weight excluding hydrogens is 383 g/mol. The molecule has 0 bridgehead atoms. The predicted octanol–water partition coefficient (Wildman–Crippen LogP) is 3.40. The van der Waals surface area contributed by atoms with E-state index >= 15 is 0 Å². The number of sulfonamides is 1. The fourth-order valence-corrected chi connectivity index (χ4v) is 4.92. The van der Waals surface area contributed by atoms with Gasteiger partial charge in [-0.3, -0.25) is 4.79 Å². The Kier molecular flexibility index (Phi) is 5.25. The van der Waals surface area contributed by atoms with Crippen LogP contribution in [0.15, 0.2) is 45.9 Å². The molecular formula is C20H23FN2O4S. The molecule has 0 unspecified atom stereocenters. The van der Waals surface area contributed by atoms with Crippen LogP contribution in [0, 0.1) is 5.82 Å². The number of amides is 1. The normalized spacial score (nSPS) is 18.2. The fourth-order valence-electron chi connectivity index (χ4n) is 3.49. The standard InChI is InChI=1S/C20H23FN2O4S/c21-16-6-4-15(5-7-16)14-23(17-8-9-17)20(24)18-10-11-19(27-18)28(25,26)22-12-2-1-3-13-22/h4-7,10-11,17H,1-3,8-9,12-14H2. The number of nitrogens with zero attached hydrogens (tertiary/aromatic N) is 2. The van der Waals surface area contributed by atoms with E-state index in [-0.39, 0.29) is 28.6 Å². The van der Waals surface area contributed by atoms with Gasteiger partial charge in [-0.05, 0) is 55.5 Å². The van der Waals surface area contributed by atoms with Crippen LogP contribution in [0.4, 0.5) is 4.39 Å². The molecule has 150 valence electrons. The van der Waals surface area contributed by atoms with Gasteiger partial charge in [0.25, 0.3) is 15.9 Å². The van der Waals surface area contributed by atoms with E-state index in [1.165, 1.54) is 28.6 Å². The Hall–Kier alpha value is -2.19. The first-order valence-corrected chi connectivity index (χ1v) is 11.0. The molecule has 6 nitrogen and oxygen atoms in total. The maximum Gasteiger partial charge on any atom is 0.290 e. The summed E-state index contributed by atoms with van der Waals surface area (Å²) in [6, 6.07) is 8.91. The number of hydrogen-bond donors (Lipinski definition) is 0.